The largest absolute Gasteiger partial charge is 0.368 e. The summed E-state index contributed by atoms with van der Waals surface area (Å²) >= 11 is 0. The van der Waals surface area contributed by atoms with Crippen LogP contribution in [0.15, 0.2) is 41.2 Å². The number of aromatic amines is 1. The van der Waals surface area contributed by atoms with Gasteiger partial charge in [-0.05, 0) is 31.0 Å². The molecule has 3 rings (SSSR count). The second kappa shape index (κ2) is 5.16. The van der Waals surface area contributed by atoms with Crippen molar-refractivity contribution >= 4 is 11.5 Å². The van der Waals surface area contributed by atoms with E-state index in [0.717, 1.165) is 13.0 Å². The summed E-state index contributed by atoms with van der Waals surface area (Å²) in [5.41, 5.74) is 2.72. The van der Waals surface area contributed by atoms with E-state index >= 15 is 0 Å². The van der Waals surface area contributed by atoms with E-state index in [1.165, 1.54) is 15.6 Å². The number of nitrogens with one attached hydrogen (secondary N) is 2. The maximum absolute atomic E-state index is 11.4. The van der Waals surface area contributed by atoms with Crippen molar-refractivity contribution in [2.75, 3.05) is 11.9 Å². The Balaban J connectivity index is 1.68. The highest BCUT2D eigenvalue weighted by Crippen LogP contribution is 2.06. The number of nitrogens with zero attached hydrogens (tertiary/aromatic N) is 3. The number of H-pyrrole nitrogens is 1. The molecule has 0 saturated carbocycles. The normalized spacial score (nSPS) is 10.8. The molecule has 0 bridgehead atoms. The van der Waals surface area contributed by atoms with Crippen LogP contribution in [0.2, 0.25) is 0 Å². The summed E-state index contributed by atoms with van der Waals surface area (Å²) in [6.07, 6.45) is 0.904. The minimum atomic E-state index is -0.331. The molecule has 1 aromatic carbocycles. The Morgan fingerprint density at radius 1 is 1.30 bits per heavy atom. The maximum atomic E-state index is 11.4. The Kier molecular flexibility index (Phi) is 3.20. The summed E-state index contributed by atoms with van der Waals surface area (Å²) in [6.45, 7) is 2.84. The summed E-state index contributed by atoms with van der Waals surface area (Å²) in [4.78, 5) is 11.4. The van der Waals surface area contributed by atoms with Crippen molar-refractivity contribution in [3.63, 3.8) is 0 Å². The first kappa shape index (κ1) is 12.4. The van der Waals surface area contributed by atoms with Crippen molar-refractivity contribution in [3.8, 4) is 0 Å². The first-order valence-corrected chi connectivity index (χ1v) is 6.46. The molecule has 102 valence electrons. The van der Waals surface area contributed by atoms with Gasteiger partial charge in [-0.3, -0.25) is 0 Å². The van der Waals surface area contributed by atoms with E-state index in [4.69, 9.17) is 0 Å². The fourth-order valence-corrected chi connectivity index (χ4v) is 2.10. The quantitative estimate of drug-likeness (QED) is 0.750. The Morgan fingerprint density at radius 2 is 2.20 bits per heavy atom. The highest BCUT2D eigenvalue weighted by molar-refractivity contribution is 5.43. The predicted molar refractivity (Wildman–Crippen MR) is 77.0 cm³/mol. The van der Waals surface area contributed by atoms with Crippen molar-refractivity contribution < 1.29 is 0 Å². The Hall–Kier alpha value is -2.63. The van der Waals surface area contributed by atoms with Gasteiger partial charge >= 0.3 is 5.69 Å². The smallest absolute Gasteiger partial charge is 0.364 e. The average Bonchev–Trinajstić information content (AvgIpc) is 2.80. The van der Waals surface area contributed by atoms with Gasteiger partial charge in [0.2, 0.25) is 0 Å². The van der Waals surface area contributed by atoms with Crippen LogP contribution in [0, 0.1) is 6.92 Å². The zero-order valence-corrected chi connectivity index (χ0v) is 11.1. The molecule has 2 N–H and O–H groups in total. The van der Waals surface area contributed by atoms with Crippen molar-refractivity contribution in [1.82, 2.24) is 19.8 Å². The van der Waals surface area contributed by atoms with E-state index in [2.05, 4.69) is 51.8 Å². The fourth-order valence-electron chi connectivity index (χ4n) is 2.10. The van der Waals surface area contributed by atoms with Crippen LogP contribution in [0.4, 0.5) is 5.82 Å². The summed E-state index contributed by atoms with van der Waals surface area (Å²) in [6, 6.07) is 12.0. The van der Waals surface area contributed by atoms with E-state index in [-0.39, 0.29) is 5.69 Å². The fraction of sp³-hybridized carbons (Fsp3) is 0.214. The number of hydrogen-bond acceptors (Lipinski definition) is 4. The minimum absolute atomic E-state index is 0.331. The zero-order chi connectivity index (χ0) is 13.9. The van der Waals surface area contributed by atoms with Crippen molar-refractivity contribution in [1.29, 1.82) is 0 Å². The Labute approximate surface area is 115 Å². The molecular weight excluding hydrogens is 254 g/mol. The third-order valence-corrected chi connectivity index (χ3v) is 3.08. The third kappa shape index (κ3) is 2.54. The first-order chi connectivity index (χ1) is 9.72. The molecule has 6 nitrogen and oxygen atoms in total. The van der Waals surface area contributed by atoms with Gasteiger partial charge in [0.1, 0.15) is 5.82 Å². The van der Waals surface area contributed by atoms with Crippen molar-refractivity contribution in [2.45, 2.75) is 13.3 Å². The van der Waals surface area contributed by atoms with E-state index in [1.54, 1.807) is 6.07 Å². The molecule has 20 heavy (non-hydrogen) atoms. The van der Waals surface area contributed by atoms with Crippen LogP contribution in [0.1, 0.15) is 11.1 Å². The van der Waals surface area contributed by atoms with Crippen LogP contribution < -0.4 is 11.0 Å². The van der Waals surface area contributed by atoms with Gasteiger partial charge < -0.3 is 5.32 Å². The molecule has 0 aliphatic heterocycles. The maximum Gasteiger partial charge on any atom is 0.364 e. The lowest BCUT2D eigenvalue weighted by Gasteiger charge is -2.06. The zero-order valence-electron chi connectivity index (χ0n) is 11.1. The highest BCUT2D eigenvalue weighted by Gasteiger charge is 2.02. The molecule has 0 unspecified atom stereocenters. The van der Waals surface area contributed by atoms with Crippen LogP contribution >= 0.6 is 0 Å². The van der Waals surface area contributed by atoms with Gasteiger partial charge in [0.05, 0.1) is 0 Å². The molecular formula is C14H15N5O. The van der Waals surface area contributed by atoms with Crippen LogP contribution in [0.5, 0.6) is 0 Å². The topological polar surface area (TPSA) is 75.1 Å². The number of benzene rings is 1. The monoisotopic (exact) mass is 269 g/mol. The van der Waals surface area contributed by atoms with E-state index < -0.39 is 0 Å². The van der Waals surface area contributed by atoms with Gasteiger partial charge in [0.25, 0.3) is 0 Å². The summed E-state index contributed by atoms with van der Waals surface area (Å²) in [7, 11) is 0. The number of fused-ring (bicyclic) bond motifs is 1. The summed E-state index contributed by atoms with van der Waals surface area (Å²) in [5.74, 6) is 0.661. The minimum Gasteiger partial charge on any atom is -0.368 e. The molecule has 0 saturated heterocycles. The van der Waals surface area contributed by atoms with Gasteiger partial charge in [-0.25, -0.2) is 9.89 Å². The van der Waals surface area contributed by atoms with Gasteiger partial charge in [-0.15, -0.1) is 5.10 Å². The van der Waals surface area contributed by atoms with Crippen LogP contribution in [0.25, 0.3) is 5.65 Å². The van der Waals surface area contributed by atoms with Crippen molar-refractivity contribution in [3.05, 3.63) is 58.0 Å². The first-order valence-electron chi connectivity index (χ1n) is 6.46. The lowest BCUT2D eigenvalue weighted by molar-refractivity contribution is 0.871. The number of anilines is 1. The van der Waals surface area contributed by atoms with Gasteiger partial charge in [-0.2, -0.15) is 9.61 Å². The number of aromatic nitrogens is 4. The summed E-state index contributed by atoms with van der Waals surface area (Å²) in [5, 5.41) is 13.6. The molecule has 6 heteroatoms. The number of hydrogen-bond donors (Lipinski definition) is 2. The molecule has 0 fully saturated rings. The molecule has 2 aromatic heterocycles. The third-order valence-electron chi connectivity index (χ3n) is 3.08. The number of aryl methyl sites for hydroxylation is 1. The predicted octanol–water partition coefficient (Wildman–Crippen LogP) is 1.38. The molecule has 0 atom stereocenters. The Bertz CT molecular complexity index is 789. The molecule has 0 radical (unpaired) electrons. The molecule has 0 spiro atoms. The molecule has 0 aliphatic carbocycles. The van der Waals surface area contributed by atoms with Gasteiger partial charge in [-0.1, -0.05) is 29.8 Å². The van der Waals surface area contributed by atoms with E-state index in [1.807, 2.05) is 6.07 Å². The van der Waals surface area contributed by atoms with Crippen LogP contribution in [-0.4, -0.2) is 26.4 Å². The van der Waals surface area contributed by atoms with Crippen LogP contribution in [0.3, 0.4) is 0 Å². The number of rotatable bonds is 4. The lowest BCUT2D eigenvalue weighted by atomic mass is 10.1. The lowest BCUT2D eigenvalue weighted by Crippen LogP contribution is -2.14. The standard InChI is InChI=1S/C14H15N5O/c1-10-3-2-4-11(9-10)7-8-15-12-5-6-13-16-17-14(20)19(13)18-12/h2-6,9H,7-8H2,1H3,(H,15,18)(H,17,20). The summed E-state index contributed by atoms with van der Waals surface area (Å²) < 4.78 is 1.25. The Morgan fingerprint density at radius 3 is 3.05 bits per heavy atom. The van der Waals surface area contributed by atoms with Gasteiger partial charge in [0, 0.05) is 6.54 Å². The van der Waals surface area contributed by atoms with Crippen molar-refractivity contribution in [2.24, 2.45) is 0 Å². The average molecular weight is 269 g/mol. The van der Waals surface area contributed by atoms with Gasteiger partial charge in [0.15, 0.2) is 5.65 Å². The van der Waals surface area contributed by atoms with Crippen LogP contribution in [-0.2, 0) is 6.42 Å². The molecule has 3 aromatic rings. The molecule has 2 heterocycles. The highest BCUT2D eigenvalue weighted by atomic mass is 16.2. The van der Waals surface area contributed by atoms with E-state index in [9.17, 15) is 4.79 Å². The molecule has 0 aliphatic rings. The second-order valence-electron chi connectivity index (χ2n) is 4.68. The van der Waals surface area contributed by atoms with E-state index in [0.29, 0.717) is 11.5 Å². The molecule has 0 amide bonds. The second-order valence-corrected chi connectivity index (χ2v) is 4.68. The SMILES string of the molecule is Cc1cccc(CCNc2ccc3n[nH]c(=O)n3n2)c1.